The zero-order valence-corrected chi connectivity index (χ0v) is 22.1. The van der Waals surface area contributed by atoms with E-state index >= 15 is 0 Å². The third kappa shape index (κ3) is 7.07. The van der Waals surface area contributed by atoms with E-state index in [-0.39, 0.29) is 33.3 Å². The van der Waals surface area contributed by atoms with Crippen molar-refractivity contribution in [2.45, 2.75) is 11.4 Å². The molecule has 3 aromatic rings. The van der Waals surface area contributed by atoms with Gasteiger partial charge >= 0.3 is 11.9 Å². The monoisotopic (exact) mass is 564 g/mol. The lowest BCUT2D eigenvalue weighted by Crippen LogP contribution is -2.37. The fourth-order valence-corrected chi connectivity index (χ4v) is 5.07. The number of carbonyl (C=O) groups excluding carboxylic acids is 3. The summed E-state index contributed by atoms with van der Waals surface area (Å²) in [5, 5.41) is 3.06. The van der Waals surface area contributed by atoms with Gasteiger partial charge in [0.25, 0.3) is 0 Å². The van der Waals surface area contributed by atoms with Gasteiger partial charge in [0.2, 0.25) is 15.9 Å². The molecule has 0 spiro atoms. The van der Waals surface area contributed by atoms with Crippen LogP contribution < -0.4 is 5.32 Å². The molecule has 0 saturated carbocycles. The van der Waals surface area contributed by atoms with Crippen molar-refractivity contribution < 1.29 is 32.3 Å². The molecule has 1 N–H and O–H groups in total. The zero-order chi connectivity index (χ0) is 27.2. The number of ether oxygens (including phenoxy) is 2. The number of nitrogens with zero attached hydrogens (tertiary/aromatic N) is 1. The number of amides is 1. The maximum absolute atomic E-state index is 13.4. The number of methoxy groups -OCH3 is 2. The molecular formula is C25H22Cl2N2O7S. The highest BCUT2D eigenvalue weighted by molar-refractivity contribution is 7.89. The van der Waals surface area contributed by atoms with Gasteiger partial charge in [-0.25, -0.2) is 18.0 Å². The van der Waals surface area contributed by atoms with Crippen LogP contribution in [0.5, 0.6) is 0 Å². The molecule has 0 radical (unpaired) electrons. The van der Waals surface area contributed by atoms with Crippen molar-refractivity contribution in [1.82, 2.24) is 4.31 Å². The predicted molar refractivity (Wildman–Crippen MR) is 138 cm³/mol. The molecule has 194 valence electrons. The molecule has 0 heterocycles. The Bertz CT molecular complexity index is 1400. The lowest BCUT2D eigenvalue weighted by Gasteiger charge is -2.22. The molecule has 12 heteroatoms. The quantitative estimate of drug-likeness (QED) is 0.382. The Kier molecular flexibility index (Phi) is 9.28. The summed E-state index contributed by atoms with van der Waals surface area (Å²) in [6, 6.07) is 16.1. The molecule has 37 heavy (non-hydrogen) atoms. The second-order valence-corrected chi connectivity index (χ2v) is 10.4. The van der Waals surface area contributed by atoms with E-state index < -0.39 is 34.4 Å². The SMILES string of the molecule is COC(=O)c1cc(NC(=O)CN(Cc2ccc(Cl)c(Cl)c2)S(=O)(=O)c2ccccc2)cc(C(=O)OC)c1. The Morgan fingerprint density at radius 2 is 1.43 bits per heavy atom. The fraction of sp³-hybridized carbons (Fsp3) is 0.160. The van der Waals surface area contributed by atoms with Crippen LogP contribution in [-0.2, 0) is 30.8 Å². The molecular weight excluding hydrogens is 543 g/mol. The summed E-state index contributed by atoms with van der Waals surface area (Å²) in [6.45, 7) is -0.773. The first-order chi connectivity index (χ1) is 17.5. The number of hydrogen-bond acceptors (Lipinski definition) is 7. The Morgan fingerprint density at radius 1 is 0.838 bits per heavy atom. The Hall–Kier alpha value is -3.44. The summed E-state index contributed by atoms with van der Waals surface area (Å²) in [5.74, 6) is -2.21. The Labute approximate surface area is 223 Å². The summed E-state index contributed by atoms with van der Waals surface area (Å²) in [5.41, 5.74) is 0.554. The van der Waals surface area contributed by atoms with Gasteiger partial charge in [0.1, 0.15) is 0 Å². The molecule has 0 fully saturated rings. The van der Waals surface area contributed by atoms with Crippen molar-refractivity contribution in [2.24, 2.45) is 0 Å². The number of sulfonamides is 1. The summed E-state index contributed by atoms with van der Waals surface area (Å²) in [7, 11) is -1.78. The van der Waals surface area contributed by atoms with Gasteiger partial charge in [-0.1, -0.05) is 47.5 Å². The van der Waals surface area contributed by atoms with E-state index in [4.69, 9.17) is 32.7 Å². The number of rotatable bonds is 9. The van der Waals surface area contributed by atoms with Gasteiger partial charge in [-0.05, 0) is 48.0 Å². The number of nitrogens with one attached hydrogen (secondary N) is 1. The highest BCUT2D eigenvalue weighted by Gasteiger charge is 2.27. The normalized spacial score (nSPS) is 11.2. The molecule has 0 saturated heterocycles. The third-order valence-corrected chi connectivity index (χ3v) is 7.65. The van der Waals surface area contributed by atoms with E-state index in [0.29, 0.717) is 10.6 Å². The lowest BCUT2D eigenvalue weighted by molar-refractivity contribution is -0.116. The third-order valence-electron chi connectivity index (χ3n) is 5.10. The molecule has 3 rings (SSSR count). The first kappa shape index (κ1) is 28.1. The molecule has 9 nitrogen and oxygen atoms in total. The average Bonchev–Trinajstić information content (AvgIpc) is 2.89. The fourth-order valence-electron chi connectivity index (χ4n) is 3.34. The first-order valence-corrected chi connectivity index (χ1v) is 12.9. The van der Waals surface area contributed by atoms with Crippen LogP contribution in [0.1, 0.15) is 26.3 Å². The van der Waals surface area contributed by atoms with Crippen molar-refractivity contribution in [3.05, 3.63) is 93.5 Å². The molecule has 0 aliphatic carbocycles. The van der Waals surface area contributed by atoms with Crippen LogP contribution in [0.4, 0.5) is 5.69 Å². The van der Waals surface area contributed by atoms with Gasteiger partial charge in [-0.15, -0.1) is 0 Å². The van der Waals surface area contributed by atoms with E-state index in [2.05, 4.69) is 5.32 Å². The summed E-state index contributed by atoms with van der Waals surface area (Å²) in [4.78, 5) is 37.1. The highest BCUT2D eigenvalue weighted by atomic mass is 35.5. The van der Waals surface area contributed by atoms with E-state index in [9.17, 15) is 22.8 Å². The second-order valence-electron chi connectivity index (χ2n) is 7.66. The molecule has 1 amide bonds. The maximum atomic E-state index is 13.4. The van der Waals surface area contributed by atoms with Gasteiger partial charge in [0.15, 0.2) is 0 Å². The highest BCUT2D eigenvalue weighted by Crippen LogP contribution is 2.25. The van der Waals surface area contributed by atoms with Crippen LogP contribution in [0.15, 0.2) is 71.6 Å². The Morgan fingerprint density at radius 3 is 1.97 bits per heavy atom. The van der Waals surface area contributed by atoms with Crippen molar-refractivity contribution in [3.8, 4) is 0 Å². The minimum atomic E-state index is -4.11. The Balaban J connectivity index is 1.93. The predicted octanol–water partition coefficient (Wildman–Crippen LogP) is 4.40. The van der Waals surface area contributed by atoms with Crippen LogP contribution >= 0.6 is 23.2 Å². The van der Waals surface area contributed by atoms with Crippen molar-refractivity contribution in [1.29, 1.82) is 0 Å². The largest absolute Gasteiger partial charge is 0.465 e. The lowest BCUT2D eigenvalue weighted by atomic mass is 10.1. The van der Waals surface area contributed by atoms with Crippen LogP contribution in [0, 0.1) is 0 Å². The summed E-state index contributed by atoms with van der Waals surface area (Å²) in [6.07, 6.45) is 0. The molecule has 3 aromatic carbocycles. The molecule has 0 unspecified atom stereocenters. The van der Waals surface area contributed by atoms with E-state index in [0.717, 1.165) is 4.31 Å². The average molecular weight is 565 g/mol. The minimum absolute atomic E-state index is 0.00901. The molecule has 0 aliphatic rings. The van der Waals surface area contributed by atoms with Gasteiger partial charge in [0, 0.05) is 12.2 Å². The maximum Gasteiger partial charge on any atom is 0.337 e. The first-order valence-electron chi connectivity index (χ1n) is 10.7. The number of anilines is 1. The van der Waals surface area contributed by atoms with Gasteiger partial charge in [-0.2, -0.15) is 4.31 Å². The second kappa shape index (κ2) is 12.2. The van der Waals surface area contributed by atoms with Crippen LogP contribution in [-0.4, -0.2) is 51.3 Å². The number of esters is 2. The van der Waals surface area contributed by atoms with E-state index in [1.807, 2.05) is 0 Å². The van der Waals surface area contributed by atoms with Crippen molar-refractivity contribution in [3.63, 3.8) is 0 Å². The topological polar surface area (TPSA) is 119 Å². The van der Waals surface area contributed by atoms with Crippen molar-refractivity contribution >= 4 is 56.8 Å². The van der Waals surface area contributed by atoms with Crippen LogP contribution in [0.3, 0.4) is 0 Å². The summed E-state index contributed by atoms with van der Waals surface area (Å²) < 4.78 is 37.2. The van der Waals surface area contributed by atoms with E-state index in [1.54, 1.807) is 24.3 Å². The number of halogens is 2. The van der Waals surface area contributed by atoms with Gasteiger partial charge < -0.3 is 14.8 Å². The minimum Gasteiger partial charge on any atom is -0.465 e. The van der Waals surface area contributed by atoms with Crippen molar-refractivity contribution in [2.75, 3.05) is 26.1 Å². The zero-order valence-electron chi connectivity index (χ0n) is 19.7. The number of carbonyl (C=O) groups is 3. The number of benzene rings is 3. The smallest absolute Gasteiger partial charge is 0.337 e. The standard InChI is InChI=1S/C25H22Cl2N2O7S/c1-35-24(31)17-11-18(25(32)36-2)13-19(12-17)28-23(30)15-29(14-16-8-9-21(26)22(27)10-16)37(33,34)20-6-4-3-5-7-20/h3-13H,14-15H2,1-2H3,(H,28,30). The molecule has 0 bridgehead atoms. The van der Waals surface area contributed by atoms with Gasteiger partial charge in [-0.3, -0.25) is 4.79 Å². The van der Waals surface area contributed by atoms with E-state index in [1.165, 1.54) is 56.7 Å². The van der Waals surface area contributed by atoms with Gasteiger partial charge in [0.05, 0.1) is 46.8 Å². The molecule has 0 aliphatic heterocycles. The summed E-state index contributed by atoms with van der Waals surface area (Å²) >= 11 is 12.1. The van der Waals surface area contributed by atoms with Crippen LogP contribution in [0.25, 0.3) is 0 Å². The molecule has 0 atom stereocenters. The van der Waals surface area contributed by atoms with Crippen LogP contribution in [0.2, 0.25) is 10.0 Å². The molecule has 0 aromatic heterocycles. The number of hydrogen-bond donors (Lipinski definition) is 1.